The summed E-state index contributed by atoms with van der Waals surface area (Å²) in [7, 11) is 0. The fourth-order valence-electron chi connectivity index (χ4n) is 3.66. The second-order valence-corrected chi connectivity index (χ2v) is 7.44. The maximum Gasteiger partial charge on any atom is 0.258 e. The van der Waals surface area contributed by atoms with Gasteiger partial charge in [0.15, 0.2) is 6.61 Å². The second-order valence-electron chi connectivity index (χ2n) is 7.44. The number of nitriles is 1. The number of nitrogens with zero attached hydrogens (tertiary/aromatic N) is 1. The number of benzene rings is 2. The molecule has 2 aromatic carbocycles. The first kappa shape index (κ1) is 19.0. The number of hydrogen-bond acceptors (Lipinski definition) is 3. The van der Waals surface area contributed by atoms with Crippen molar-refractivity contribution < 1.29 is 9.53 Å². The van der Waals surface area contributed by atoms with Crippen LogP contribution < -0.4 is 10.1 Å². The van der Waals surface area contributed by atoms with Crippen molar-refractivity contribution in [2.24, 2.45) is 11.8 Å². The van der Waals surface area contributed by atoms with Gasteiger partial charge in [-0.1, -0.05) is 51.0 Å². The number of carbonyl (C=O) groups excluding carboxylic acids is 1. The molecule has 1 aliphatic rings. The van der Waals surface area contributed by atoms with Crippen molar-refractivity contribution in [2.75, 3.05) is 6.61 Å². The lowest BCUT2D eigenvalue weighted by Gasteiger charge is -2.34. The van der Waals surface area contributed by atoms with E-state index >= 15 is 0 Å². The summed E-state index contributed by atoms with van der Waals surface area (Å²) in [6.45, 7) is 4.51. The first-order valence-electron chi connectivity index (χ1n) is 9.59. The molecule has 1 aliphatic carbocycles. The molecule has 0 bridgehead atoms. The Labute approximate surface area is 161 Å². The van der Waals surface area contributed by atoms with E-state index in [2.05, 4.69) is 25.2 Å². The van der Waals surface area contributed by atoms with Crippen molar-refractivity contribution >= 4 is 5.91 Å². The zero-order valence-corrected chi connectivity index (χ0v) is 15.9. The molecular weight excluding hydrogens is 336 g/mol. The fourth-order valence-corrected chi connectivity index (χ4v) is 3.66. The van der Waals surface area contributed by atoms with Gasteiger partial charge in [0.05, 0.1) is 11.6 Å². The van der Waals surface area contributed by atoms with Gasteiger partial charge < -0.3 is 10.1 Å². The molecule has 1 fully saturated rings. The van der Waals surface area contributed by atoms with Crippen LogP contribution in [-0.2, 0) is 4.79 Å². The van der Waals surface area contributed by atoms with Crippen molar-refractivity contribution in [1.29, 1.82) is 5.26 Å². The molecule has 0 aliphatic heterocycles. The van der Waals surface area contributed by atoms with Gasteiger partial charge in [0.2, 0.25) is 0 Å². The third-order valence-corrected chi connectivity index (χ3v) is 5.62. The van der Waals surface area contributed by atoms with E-state index in [1.807, 2.05) is 36.4 Å². The first-order chi connectivity index (χ1) is 13.1. The lowest BCUT2D eigenvalue weighted by molar-refractivity contribution is -0.124. The third-order valence-electron chi connectivity index (χ3n) is 5.62. The average Bonchev–Trinajstić information content (AvgIpc) is 2.70. The Kier molecular flexibility index (Phi) is 6.13. The average molecular weight is 362 g/mol. The van der Waals surface area contributed by atoms with E-state index < -0.39 is 0 Å². The highest BCUT2D eigenvalue weighted by atomic mass is 16.5. The molecule has 1 saturated carbocycles. The van der Waals surface area contributed by atoms with E-state index in [9.17, 15) is 4.79 Å². The minimum absolute atomic E-state index is 0.0355. The SMILES string of the molecule is C[C@@H]1[C@H](C)CCC[C@@H]1NC(=O)COc1ccc(-c2ccc(C#N)cc2)cc1. The maximum absolute atomic E-state index is 12.2. The first-order valence-corrected chi connectivity index (χ1v) is 9.59. The smallest absolute Gasteiger partial charge is 0.258 e. The van der Waals surface area contributed by atoms with Gasteiger partial charge in [-0.3, -0.25) is 4.79 Å². The van der Waals surface area contributed by atoms with E-state index in [1.54, 1.807) is 12.1 Å². The van der Waals surface area contributed by atoms with Gasteiger partial charge in [0, 0.05) is 6.04 Å². The monoisotopic (exact) mass is 362 g/mol. The van der Waals surface area contributed by atoms with Crippen LogP contribution in [0.5, 0.6) is 5.75 Å². The van der Waals surface area contributed by atoms with Gasteiger partial charge in [-0.2, -0.15) is 5.26 Å². The summed E-state index contributed by atoms with van der Waals surface area (Å²) in [6.07, 6.45) is 3.47. The van der Waals surface area contributed by atoms with Gasteiger partial charge in [0.25, 0.3) is 5.91 Å². The minimum atomic E-state index is -0.0582. The van der Waals surface area contributed by atoms with E-state index in [0.29, 0.717) is 23.1 Å². The second kappa shape index (κ2) is 8.73. The topological polar surface area (TPSA) is 62.1 Å². The van der Waals surface area contributed by atoms with Gasteiger partial charge >= 0.3 is 0 Å². The number of hydrogen-bond donors (Lipinski definition) is 1. The van der Waals surface area contributed by atoms with Crippen LogP contribution in [0.25, 0.3) is 11.1 Å². The molecule has 3 atom stereocenters. The predicted molar refractivity (Wildman–Crippen MR) is 106 cm³/mol. The zero-order valence-electron chi connectivity index (χ0n) is 15.9. The number of carbonyl (C=O) groups is 1. The summed E-state index contributed by atoms with van der Waals surface area (Å²) in [4.78, 5) is 12.2. The molecule has 0 spiro atoms. The number of rotatable bonds is 5. The Morgan fingerprint density at radius 1 is 1.07 bits per heavy atom. The molecule has 27 heavy (non-hydrogen) atoms. The van der Waals surface area contributed by atoms with Crippen LogP contribution in [0.2, 0.25) is 0 Å². The van der Waals surface area contributed by atoms with Crippen molar-refractivity contribution in [3.05, 3.63) is 54.1 Å². The molecule has 0 radical (unpaired) electrons. The van der Waals surface area contributed by atoms with Crippen molar-refractivity contribution in [3.63, 3.8) is 0 Å². The highest BCUT2D eigenvalue weighted by Gasteiger charge is 2.28. The van der Waals surface area contributed by atoms with Crippen molar-refractivity contribution in [3.8, 4) is 22.9 Å². The summed E-state index contributed by atoms with van der Waals surface area (Å²) < 4.78 is 5.64. The Hall–Kier alpha value is -2.80. The molecular formula is C23H26N2O2. The molecule has 140 valence electrons. The summed E-state index contributed by atoms with van der Waals surface area (Å²) in [5.41, 5.74) is 2.73. The number of amides is 1. The van der Waals surface area contributed by atoms with Gasteiger partial charge in [0.1, 0.15) is 5.75 Å². The van der Waals surface area contributed by atoms with Crippen molar-refractivity contribution in [2.45, 2.75) is 39.2 Å². The van der Waals surface area contributed by atoms with Crippen LogP contribution in [0.15, 0.2) is 48.5 Å². The van der Waals surface area contributed by atoms with E-state index in [4.69, 9.17) is 10.00 Å². The van der Waals surface area contributed by atoms with Gasteiger partial charge in [-0.15, -0.1) is 0 Å². The normalized spacial score (nSPS) is 21.9. The number of nitrogens with one attached hydrogen (secondary N) is 1. The zero-order chi connectivity index (χ0) is 19.2. The Bertz CT molecular complexity index is 806. The summed E-state index contributed by atoms with van der Waals surface area (Å²) in [5.74, 6) is 1.78. The summed E-state index contributed by atoms with van der Waals surface area (Å²) in [6, 6.07) is 17.5. The molecule has 2 aromatic rings. The Balaban J connectivity index is 1.52. The maximum atomic E-state index is 12.2. The molecule has 3 rings (SSSR count). The van der Waals surface area contributed by atoms with E-state index in [1.165, 1.54) is 12.8 Å². The quantitative estimate of drug-likeness (QED) is 0.849. The van der Waals surface area contributed by atoms with Crippen LogP contribution in [0.3, 0.4) is 0 Å². The van der Waals surface area contributed by atoms with Crippen LogP contribution in [0.4, 0.5) is 0 Å². The molecule has 1 N–H and O–H groups in total. The van der Waals surface area contributed by atoms with Gasteiger partial charge in [-0.05, 0) is 53.6 Å². The highest BCUT2D eigenvalue weighted by molar-refractivity contribution is 5.78. The van der Waals surface area contributed by atoms with Gasteiger partial charge in [-0.25, -0.2) is 0 Å². The minimum Gasteiger partial charge on any atom is -0.484 e. The van der Waals surface area contributed by atoms with E-state index in [0.717, 1.165) is 17.5 Å². The largest absolute Gasteiger partial charge is 0.484 e. The Morgan fingerprint density at radius 2 is 1.70 bits per heavy atom. The summed E-state index contributed by atoms with van der Waals surface area (Å²) in [5, 5.41) is 12.0. The highest BCUT2D eigenvalue weighted by Crippen LogP contribution is 2.29. The van der Waals surface area contributed by atoms with Crippen LogP contribution in [0, 0.1) is 23.2 Å². The van der Waals surface area contributed by atoms with Crippen LogP contribution in [0.1, 0.15) is 38.7 Å². The molecule has 4 heteroatoms. The Morgan fingerprint density at radius 3 is 2.33 bits per heavy atom. The predicted octanol–water partition coefficient (Wildman–Crippen LogP) is 4.54. The van der Waals surface area contributed by atoms with E-state index in [-0.39, 0.29) is 18.6 Å². The number of ether oxygens (including phenoxy) is 1. The standard InChI is InChI=1S/C23H26N2O2/c1-16-4-3-5-22(17(16)2)25-23(26)15-27-21-12-10-20(11-13-21)19-8-6-18(14-24)7-9-19/h6-13,16-17,22H,3-5,15H2,1-2H3,(H,25,26)/t16-,17-,22+/m1/s1. The fraction of sp³-hybridized carbons (Fsp3) is 0.391. The molecule has 0 aromatic heterocycles. The van der Waals surface area contributed by atoms with Crippen LogP contribution in [-0.4, -0.2) is 18.6 Å². The summed E-state index contributed by atoms with van der Waals surface area (Å²) >= 11 is 0. The lowest BCUT2D eigenvalue weighted by Crippen LogP contribution is -2.45. The van der Waals surface area contributed by atoms with Crippen molar-refractivity contribution in [1.82, 2.24) is 5.32 Å². The molecule has 0 heterocycles. The molecule has 4 nitrogen and oxygen atoms in total. The lowest BCUT2D eigenvalue weighted by atomic mass is 9.78. The third kappa shape index (κ3) is 4.89. The molecule has 1 amide bonds. The molecule has 0 unspecified atom stereocenters. The van der Waals surface area contributed by atoms with Crippen LogP contribution >= 0.6 is 0 Å². The molecule has 0 saturated heterocycles.